The minimum atomic E-state index is -0.968. The van der Waals surface area contributed by atoms with Crippen LogP contribution >= 0.6 is 0 Å². The monoisotopic (exact) mass is 725 g/mol. The van der Waals surface area contributed by atoms with E-state index in [0.29, 0.717) is 23.2 Å². The molecule has 0 saturated heterocycles. The first-order valence-electron chi connectivity index (χ1n) is 15.9. The number of hydrogen-bond acceptors (Lipinski definition) is 11. The molecule has 0 aliphatic carbocycles. The van der Waals surface area contributed by atoms with Crippen LogP contribution in [0, 0.1) is 12.3 Å². The number of benzene rings is 3. The molecule has 1 unspecified atom stereocenters. The number of phenols is 6. The number of carbonyl (C=O) groups excluding carboxylic acids is 2. The van der Waals surface area contributed by atoms with Crippen LogP contribution in [0.15, 0.2) is 71.7 Å². The van der Waals surface area contributed by atoms with Gasteiger partial charge in [0.1, 0.15) is 0 Å². The highest BCUT2D eigenvalue weighted by Crippen LogP contribution is 2.29. The number of aromatic hydroxyl groups is 6. The lowest BCUT2D eigenvalue weighted by Crippen LogP contribution is -2.46. The number of aryl methyl sites for hydroxylation is 3. The number of amides is 2. The van der Waals surface area contributed by atoms with Gasteiger partial charge in [0, 0.05) is 22.6 Å². The molecule has 15 heteroatoms. The smallest absolute Gasteiger partial charge is 0.310 e. The predicted octanol–water partition coefficient (Wildman–Crippen LogP) is 4.81. The van der Waals surface area contributed by atoms with Crippen molar-refractivity contribution in [2.45, 2.75) is 67.2 Å². The molecule has 0 aliphatic rings. The third-order valence-electron chi connectivity index (χ3n) is 7.19. The Morgan fingerprint density at radius 1 is 0.731 bits per heavy atom. The van der Waals surface area contributed by atoms with Crippen LogP contribution in [0.3, 0.4) is 0 Å². The van der Waals surface area contributed by atoms with Crippen molar-refractivity contribution in [3.8, 4) is 34.5 Å². The fourth-order valence-electron chi connectivity index (χ4n) is 3.70. The van der Waals surface area contributed by atoms with Crippen LogP contribution in [-0.4, -0.2) is 63.5 Å². The topological polar surface area (TPSA) is 259 Å². The normalized spacial score (nSPS) is 10.8. The molecule has 1 atom stereocenters. The average Bonchev–Trinajstić information content (AvgIpc) is 3.08. The first kappa shape index (κ1) is 43.6. The van der Waals surface area contributed by atoms with Crippen molar-refractivity contribution in [1.82, 2.24) is 15.6 Å². The Labute approximate surface area is 300 Å². The number of nitrogens with one attached hydrogen (secondary N) is 2. The van der Waals surface area contributed by atoms with E-state index in [4.69, 9.17) is 30.6 Å². The third kappa shape index (κ3) is 13.9. The highest BCUT2D eigenvalue weighted by molar-refractivity contribution is 5.96. The molecule has 4 aromatic rings. The maximum atomic E-state index is 11.6. The van der Waals surface area contributed by atoms with Crippen molar-refractivity contribution in [2.24, 2.45) is 5.41 Å². The summed E-state index contributed by atoms with van der Waals surface area (Å²) in [5.74, 6) is -3.93. The summed E-state index contributed by atoms with van der Waals surface area (Å²) in [5.41, 5.74) is 6.66. The molecule has 0 fully saturated rings. The van der Waals surface area contributed by atoms with E-state index in [9.17, 15) is 29.5 Å². The molecule has 0 bridgehead atoms. The largest absolute Gasteiger partial charge is 0.504 e. The number of aromatic nitrogens is 1. The molecule has 282 valence electrons. The molecule has 4 rings (SSSR count). The van der Waals surface area contributed by atoms with Gasteiger partial charge in [0.2, 0.25) is 5.91 Å². The second kappa shape index (κ2) is 19.7. The molecule has 10 N–H and O–H groups in total. The summed E-state index contributed by atoms with van der Waals surface area (Å²) in [6, 6.07) is 13.9. The van der Waals surface area contributed by atoms with E-state index in [0.717, 1.165) is 22.8 Å². The zero-order valence-corrected chi connectivity index (χ0v) is 30.0. The van der Waals surface area contributed by atoms with Crippen LogP contribution in [0.5, 0.6) is 34.5 Å². The van der Waals surface area contributed by atoms with Gasteiger partial charge in [0.25, 0.3) is 5.91 Å². The summed E-state index contributed by atoms with van der Waals surface area (Å²) in [6.45, 7) is 12.2. The van der Waals surface area contributed by atoms with E-state index in [1.165, 1.54) is 55.6 Å². The molecular formula is C37H47N3O12. The Kier molecular flexibility index (Phi) is 16.5. The first-order valence-corrected chi connectivity index (χ1v) is 15.9. The zero-order chi connectivity index (χ0) is 39.9. The Bertz CT molecular complexity index is 1900. The highest BCUT2D eigenvalue weighted by atomic mass is 16.5. The van der Waals surface area contributed by atoms with Crippen LogP contribution in [-0.2, 0) is 22.4 Å². The van der Waals surface area contributed by atoms with Crippen molar-refractivity contribution >= 4 is 17.8 Å². The lowest BCUT2D eigenvalue weighted by Gasteiger charge is -2.17. The van der Waals surface area contributed by atoms with Gasteiger partial charge in [-0.15, -0.1) is 0 Å². The molecule has 2 amide bonds. The Balaban J connectivity index is 0.000000356. The first-order chi connectivity index (χ1) is 24.1. The van der Waals surface area contributed by atoms with Crippen molar-refractivity contribution in [3.63, 3.8) is 0 Å². The standard InChI is InChI=1S/C12H16N2O4.C9H10O4.C8H11NO2.C8H10O2/c1-12(2,3)11(18)14-13-10(17)7-4-5-8(15)9(16)6-7;1-5(9(12)13)6-2-3-7(10)8(11)4-6;1-3-7-4-8(10)6(2)5-9(7)11;1-2-6-3-4-7(9)8(10)5-6/h4-6,15-16H,1-3H3,(H,13,17)(H,14,18);2-5,10-11H,1H3,(H,12,13);4-5,11H,3H2,1-2H3;3-5,9-10H,2H2,1H3. The van der Waals surface area contributed by atoms with Crippen LogP contribution in [0.25, 0.3) is 0 Å². The van der Waals surface area contributed by atoms with Gasteiger partial charge in [-0.3, -0.25) is 30.0 Å². The molecule has 15 nitrogen and oxygen atoms in total. The van der Waals surface area contributed by atoms with Gasteiger partial charge >= 0.3 is 5.97 Å². The second-order valence-electron chi connectivity index (χ2n) is 12.4. The number of phenolic OH excluding ortho intramolecular Hbond substituents is 6. The SMILES string of the molecule is CC(C(=O)O)c1ccc(O)c(O)c1.CC(C)(C)C(=O)NNC(=O)c1ccc(O)c(O)c1.CCc1cc(=O)c(C)cn1O.CCc1ccc(O)c(O)c1. The molecular weight excluding hydrogens is 678 g/mol. The molecule has 0 saturated carbocycles. The van der Waals surface area contributed by atoms with Gasteiger partial charge in [-0.1, -0.05) is 46.8 Å². The van der Waals surface area contributed by atoms with E-state index in [1.54, 1.807) is 39.8 Å². The number of rotatable bonds is 5. The Morgan fingerprint density at radius 2 is 1.25 bits per heavy atom. The van der Waals surface area contributed by atoms with Crippen molar-refractivity contribution in [2.75, 3.05) is 0 Å². The summed E-state index contributed by atoms with van der Waals surface area (Å²) in [6.07, 6.45) is 2.96. The van der Waals surface area contributed by atoms with Gasteiger partial charge in [-0.2, -0.15) is 4.73 Å². The molecule has 0 aliphatic heterocycles. The molecule has 0 spiro atoms. The second-order valence-corrected chi connectivity index (χ2v) is 12.4. The predicted molar refractivity (Wildman–Crippen MR) is 192 cm³/mol. The summed E-state index contributed by atoms with van der Waals surface area (Å²) in [4.78, 5) is 44.7. The maximum Gasteiger partial charge on any atom is 0.310 e. The quantitative estimate of drug-likeness (QED) is 0.0756. The van der Waals surface area contributed by atoms with Gasteiger partial charge in [0.15, 0.2) is 39.9 Å². The van der Waals surface area contributed by atoms with E-state index in [2.05, 4.69) is 10.9 Å². The van der Waals surface area contributed by atoms with Crippen molar-refractivity contribution in [1.29, 1.82) is 0 Å². The number of hydrogen-bond donors (Lipinski definition) is 10. The maximum absolute atomic E-state index is 11.6. The van der Waals surface area contributed by atoms with E-state index in [1.807, 2.05) is 13.8 Å². The number of carboxylic acid groups (broad SMARTS) is 1. The molecule has 1 heterocycles. The fourth-order valence-corrected chi connectivity index (χ4v) is 3.70. The van der Waals surface area contributed by atoms with Crippen molar-refractivity contribution in [3.05, 3.63) is 105 Å². The van der Waals surface area contributed by atoms with Gasteiger partial charge in [-0.05, 0) is 80.3 Å². The average molecular weight is 726 g/mol. The molecule has 52 heavy (non-hydrogen) atoms. The Morgan fingerprint density at radius 3 is 1.71 bits per heavy atom. The number of carbonyl (C=O) groups is 3. The number of aliphatic carboxylic acids is 1. The molecule has 1 aromatic heterocycles. The summed E-state index contributed by atoms with van der Waals surface area (Å²) in [7, 11) is 0. The summed E-state index contributed by atoms with van der Waals surface area (Å²) < 4.78 is 0.997. The number of nitrogens with zero attached hydrogens (tertiary/aromatic N) is 1. The molecule has 3 aromatic carbocycles. The van der Waals surface area contributed by atoms with Gasteiger partial charge in [0.05, 0.1) is 17.8 Å². The van der Waals surface area contributed by atoms with Gasteiger partial charge < -0.3 is 41.0 Å². The summed E-state index contributed by atoms with van der Waals surface area (Å²) >= 11 is 0. The van der Waals surface area contributed by atoms with E-state index >= 15 is 0 Å². The van der Waals surface area contributed by atoms with Crippen LogP contribution < -0.4 is 16.3 Å². The van der Waals surface area contributed by atoms with E-state index in [-0.39, 0.29) is 45.6 Å². The zero-order valence-electron chi connectivity index (χ0n) is 30.0. The third-order valence-corrected chi connectivity index (χ3v) is 7.19. The van der Waals surface area contributed by atoms with Gasteiger partial charge in [-0.25, -0.2) is 0 Å². The number of hydrazine groups is 1. The number of pyridine rings is 1. The molecule has 0 radical (unpaired) electrons. The highest BCUT2D eigenvalue weighted by Gasteiger charge is 2.22. The Hall–Kier alpha value is -6.38. The van der Waals surface area contributed by atoms with Crippen LogP contribution in [0.1, 0.15) is 80.2 Å². The van der Waals surface area contributed by atoms with E-state index < -0.39 is 29.0 Å². The lowest BCUT2D eigenvalue weighted by atomic mass is 9.96. The fraction of sp³-hybridized carbons (Fsp3) is 0.297. The van der Waals surface area contributed by atoms with Crippen LogP contribution in [0.4, 0.5) is 0 Å². The lowest BCUT2D eigenvalue weighted by molar-refractivity contribution is -0.138. The van der Waals surface area contributed by atoms with Crippen molar-refractivity contribution < 1.29 is 55.3 Å². The number of carboxylic acids is 1. The summed E-state index contributed by atoms with van der Waals surface area (Å²) in [5, 5.41) is 72.1. The minimum Gasteiger partial charge on any atom is -0.504 e. The van der Waals surface area contributed by atoms with Crippen LogP contribution in [0.2, 0.25) is 0 Å². The minimum absolute atomic E-state index is 0.0212.